The Morgan fingerprint density at radius 1 is 1.33 bits per heavy atom. The summed E-state index contributed by atoms with van der Waals surface area (Å²) in [5.74, 6) is -0.610. The molecule has 1 aromatic carbocycles. The van der Waals surface area contributed by atoms with Gasteiger partial charge in [0.1, 0.15) is 5.82 Å². The highest BCUT2D eigenvalue weighted by molar-refractivity contribution is 7.90. The molecule has 0 bridgehead atoms. The van der Waals surface area contributed by atoms with Crippen LogP contribution in [-0.2, 0) is 16.8 Å². The molecule has 0 atom stereocenters. The first-order valence-electron chi connectivity index (χ1n) is 5.79. The van der Waals surface area contributed by atoms with Gasteiger partial charge < -0.3 is 5.73 Å². The number of benzene rings is 1. The molecule has 0 spiro atoms. The van der Waals surface area contributed by atoms with Crippen LogP contribution in [0.5, 0.6) is 0 Å². The Hall–Kier alpha value is -1.18. The van der Waals surface area contributed by atoms with Crippen molar-refractivity contribution in [1.29, 1.82) is 0 Å². The summed E-state index contributed by atoms with van der Waals surface area (Å²) in [6, 6.07) is 4.23. The Kier molecular flexibility index (Phi) is 3.84. The van der Waals surface area contributed by atoms with Crippen molar-refractivity contribution in [3.05, 3.63) is 29.6 Å². The van der Waals surface area contributed by atoms with Gasteiger partial charge in [0.15, 0.2) is 0 Å². The number of hydrogen-bond acceptors (Lipinski definition) is 3. The second kappa shape index (κ2) is 5.21. The molecule has 0 aliphatic carbocycles. The molecule has 0 saturated carbocycles. The van der Waals surface area contributed by atoms with Gasteiger partial charge in [-0.05, 0) is 30.5 Å². The monoisotopic (exact) mass is 273 g/mol. The molecule has 1 fully saturated rings. The Morgan fingerprint density at radius 2 is 2.00 bits per heavy atom. The van der Waals surface area contributed by atoms with E-state index in [2.05, 4.69) is 4.72 Å². The molecule has 0 unspecified atom stereocenters. The summed E-state index contributed by atoms with van der Waals surface area (Å²) >= 11 is 0. The number of rotatable bonds is 4. The molecule has 18 heavy (non-hydrogen) atoms. The van der Waals surface area contributed by atoms with Gasteiger partial charge in [-0.2, -0.15) is 12.7 Å². The summed E-state index contributed by atoms with van der Waals surface area (Å²) in [7, 11) is -3.64. The van der Waals surface area contributed by atoms with E-state index in [1.54, 1.807) is 6.07 Å². The Labute approximate surface area is 106 Å². The van der Waals surface area contributed by atoms with E-state index in [4.69, 9.17) is 5.73 Å². The molecule has 100 valence electrons. The van der Waals surface area contributed by atoms with Crippen LogP contribution in [-0.4, -0.2) is 25.8 Å². The largest absolute Gasteiger partial charge is 0.326 e. The number of hydrogen-bond donors (Lipinski definition) is 2. The van der Waals surface area contributed by atoms with Crippen molar-refractivity contribution in [2.75, 3.05) is 17.8 Å². The van der Waals surface area contributed by atoms with Crippen LogP contribution < -0.4 is 10.5 Å². The van der Waals surface area contributed by atoms with Crippen LogP contribution in [0.4, 0.5) is 10.1 Å². The maximum absolute atomic E-state index is 13.7. The van der Waals surface area contributed by atoms with Gasteiger partial charge in [0.05, 0.1) is 5.69 Å². The summed E-state index contributed by atoms with van der Waals surface area (Å²) in [6.45, 7) is 1.19. The van der Waals surface area contributed by atoms with Gasteiger partial charge in [-0.1, -0.05) is 6.07 Å². The van der Waals surface area contributed by atoms with Crippen LogP contribution in [0.15, 0.2) is 18.2 Å². The first kappa shape index (κ1) is 13.3. The molecule has 7 heteroatoms. The van der Waals surface area contributed by atoms with Crippen LogP contribution in [0, 0.1) is 5.82 Å². The van der Waals surface area contributed by atoms with Crippen molar-refractivity contribution < 1.29 is 12.8 Å². The van der Waals surface area contributed by atoms with Crippen molar-refractivity contribution in [2.24, 2.45) is 5.73 Å². The molecular weight excluding hydrogens is 257 g/mol. The first-order chi connectivity index (χ1) is 8.53. The highest BCUT2D eigenvalue weighted by Crippen LogP contribution is 2.20. The van der Waals surface area contributed by atoms with Gasteiger partial charge in [0.25, 0.3) is 0 Å². The molecule has 0 amide bonds. The Balaban J connectivity index is 2.18. The van der Waals surface area contributed by atoms with Gasteiger partial charge in [0, 0.05) is 19.6 Å². The predicted molar refractivity (Wildman–Crippen MR) is 67.6 cm³/mol. The third-order valence-electron chi connectivity index (χ3n) is 2.91. The molecule has 5 nitrogen and oxygen atoms in total. The van der Waals surface area contributed by atoms with Crippen LogP contribution in [0.25, 0.3) is 0 Å². The van der Waals surface area contributed by atoms with Crippen molar-refractivity contribution in [3.63, 3.8) is 0 Å². The third-order valence-corrected chi connectivity index (χ3v) is 4.44. The van der Waals surface area contributed by atoms with Crippen LogP contribution >= 0.6 is 0 Å². The average Bonchev–Trinajstić information content (AvgIpc) is 2.86. The van der Waals surface area contributed by atoms with Crippen molar-refractivity contribution in [2.45, 2.75) is 19.4 Å². The fourth-order valence-corrected chi connectivity index (χ4v) is 3.21. The molecule has 2 rings (SSSR count). The second-order valence-electron chi connectivity index (χ2n) is 4.23. The van der Waals surface area contributed by atoms with E-state index in [1.165, 1.54) is 16.4 Å². The molecule has 1 aliphatic heterocycles. The fourth-order valence-electron chi connectivity index (χ4n) is 1.90. The molecular formula is C11H16FN3O2S. The van der Waals surface area contributed by atoms with E-state index in [0.29, 0.717) is 18.7 Å². The number of anilines is 1. The minimum Gasteiger partial charge on any atom is -0.326 e. The van der Waals surface area contributed by atoms with Crippen LogP contribution in [0.3, 0.4) is 0 Å². The topological polar surface area (TPSA) is 75.4 Å². The fraction of sp³-hybridized carbons (Fsp3) is 0.455. The summed E-state index contributed by atoms with van der Waals surface area (Å²) < 4.78 is 41.1. The minimum absolute atomic E-state index is 0.0425. The van der Waals surface area contributed by atoms with E-state index in [-0.39, 0.29) is 12.2 Å². The Morgan fingerprint density at radius 3 is 2.56 bits per heavy atom. The van der Waals surface area contributed by atoms with Crippen molar-refractivity contribution >= 4 is 15.9 Å². The maximum Gasteiger partial charge on any atom is 0.301 e. The number of nitrogens with one attached hydrogen (secondary N) is 1. The maximum atomic E-state index is 13.7. The van der Waals surface area contributed by atoms with E-state index in [9.17, 15) is 12.8 Å². The lowest BCUT2D eigenvalue weighted by Gasteiger charge is -2.17. The smallest absolute Gasteiger partial charge is 0.301 e. The molecule has 1 aromatic rings. The summed E-state index contributed by atoms with van der Waals surface area (Å²) in [6.07, 6.45) is 1.69. The molecule has 1 aliphatic rings. The Bertz CT molecular complexity index is 527. The quantitative estimate of drug-likeness (QED) is 0.860. The number of nitrogens with zero attached hydrogens (tertiary/aromatic N) is 1. The second-order valence-corrected chi connectivity index (χ2v) is 5.90. The molecule has 0 aromatic heterocycles. The highest BCUT2D eigenvalue weighted by Gasteiger charge is 2.25. The zero-order valence-electron chi connectivity index (χ0n) is 9.89. The standard InChI is InChI=1S/C11H16FN3O2S/c12-10-7-9(8-13)3-4-11(10)14-18(16,17)15-5-1-2-6-15/h3-4,7,14H,1-2,5-6,8,13H2. The molecule has 1 saturated heterocycles. The van der Waals surface area contributed by atoms with Gasteiger partial charge in [-0.25, -0.2) is 4.39 Å². The molecule has 3 N–H and O–H groups in total. The van der Waals surface area contributed by atoms with Gasteiger partial charge in [-0.15, -0.1) is 0 Å². The van der Waals surface area contributed by atoms with E-state index in [0.717, 1.165) is 12.8 Å². The van der Waals surface area contributed by atoms with E-state index in [1.807, 2.05) is 0 Å². The zero-order valence-corrected chi connectivity index (χ0v) is 10.7. The van der Waals surface area contributed by atoms with E-state index < -0.39 is 16.0 Å². The van der Waals surface area contributed by atoms with Crippen molar-refractivity contribution in [1.82, 2.24) is 4.31 Å². The average molecular weight is 273 g/mol. The van der Waals surface area contributed by atoms with Crippen LogP contribution in [0.1, 0.15) is 18.4 Å². The van der Waals surface area contributed by atoms with E-state index >= 15 is 0 Å². The van der Waals surface area contributed by atoms with Crippen LogP contribution in [0.2, 0.25) is 0 Å². The molecule has 1 heterocycles. The lowest BCUT2D eigenvalue weighted by molar-refractivity contribution is 0.482. The third kappa shape index (κ3) is 2.80. The highest BCUT2D eigenvalue weighted by atomic mass is 32.2. The lowest BCUT2D eigenvalue weighted by atomic mass is 10.2. The molecule has 0 radical (unpaired) electrons. The summed E-state index contributed by atoms with van der Waals surface area (Å²) in [5, 5.41) is 0. The van der Waals surface area contributed by atoms with Gasteiger partial charge in [0.2, 0.25) is 0 Å². The van der Waals surface area contributed by atoms with Gasteiger partial charge >= 0.3 is 10.2 Å². The summed E-state index contributed by atoms with van der Waals surface area (Å²) in [5.41, 5.74) is 5.96. The SMILES string of the molecule is NCc1ccc(NS(=O)(=O)N2CCCC2)c(F)c1. The zero-order chi connectivity index (χ0) is 13.2. The number of nitrogens with two attached hydrogens (primary N) is 1. The lowest BCUT2D eigenvalue weighted by Crippen LogP contribution is -2.33. The van der Waals surface area contributed by atoms with Gasteiger partial charge in [-0.3, -0.25) is 4.72 Å². The summed E-state index contributed by atoms with van der Waals surface area (Å²) in [4.78, 5) is 0. The minimum atomic E-state index is -3.64. The predicted octanol–water partition coefficient (Wildman–Crippen LogP) is 1.04. The number of halogens is 1. The first-order valence-corrected chi connectivity index (χ1v) is 7.23. The van der Waals surface area contributed by atoms with Crippen molar-refractivity contribution in [3.8, 4) is 0 Å². The normalized spacial score (nSPS) is 17.0.